The second-order valence-electron chi connectivity index (χ2n) is 4.57. The molecule has 0 saturated heterocycles. The molecular weight excluding hydrogens is 244 g/mol. The highest BCUT2D eigenvalue weighted by molar-refractivity contribution is 6.33. The van der Waals surface area contributed by atoms with Gasteiger partial charge in [0.2, 0.25) is 0 Å². The zero-order valence-electron chi connectivity index (χ0n) is 10.4. The summed E-state index contributed by atoms with van der Waals surface area (Å²) < 4.78 is 0. The van der Waals surface area contributed by atoms with Crippen LogP contribution in [0.3, 0.4) is 0 Å². The van der Waals surface area contributed by atoms with Gasteiger partial charge < -0.3 is 5.11 Å². The predicted molar refractivity (Wildman–Crippen MR) is 76.9 cm³/mol. The van der Waals surface area contributed by atoms with E-state index in [0.717, 1.165) is 29.0 Å². The minimum Gasteiger partial charge on any atom is -0.393 e. The molecule has 1 nitrogen and oxygen atoms in total. The number of halogens is 1. The molecule has 1 atom stereocenters. The van der Waals surface area contributed by atoms with Gasteiger partial charge in [-0.1, -0.05) is 54.1 Å². The maximum absolute atomic E-state index is 9.28. The Balaban J connectivity index is 2.20. The summed E-state index contributed by atoms with van der Waals surface area (Å²) in [5.74, 6) is 0. The van der Waals surface area contributed by atoms with E-state index < -0.39 is 0 Å². The first-order valence-corrected chi connectivity index (χ1v) is 6.56. The highest BCUT2D eigenvalue weighted by Gasteiger charge is 2.05. The van der Waals surface area contributed by atoms with Gasteiger partial charge in [0.15, 0.2) is 0 Å². The predicted octanol–water partition coefficient (Wildman–Crippen LogP) is 4.32. The minimum atomic E-state index is -0.266. The maximum atomic E-state index is 9.28. The number of hydrogen-bond acceptors (Lipinski definition) is 1. The number of aryl methyl sites for hydroxylation is 1. The molecule has 2 aromatic rings. The molecule has 94 valence electrons. The Morgan fingerprint density at radius 1 is 1.11 bits per heavy atom. The smallest absolute Gasteiger partial charge is 0.0515 e. The third-order valence-corrected chi connectivity index (χ3v) is 3.28. The zero-order chi connectivity index (χ0) is 13.0. The molecule has 0 aromatic heterocycles. The zero-order valence-corrected chi connectivity index (χ0v) is 11.2. The summed E-state index contributed by atoms with van der Waals surface area (Å²) >= 11 is 6.32. The molecule has 1 N–H and O–H groups in total. The highest BCUT2D eigenvalue weighted by atomic mass is 35.5. The first-order valence-electron chi connectivity index (χ1n) is 6.19. The van der Waals surface area contributed by atoms with Crippen LogP contribution in [-0.4, -0.2) is 11.2 Å². The molecule has 2 heteroatoms. The van der Waals surface area contributed by atoms with Gasteiger partial charge in [-0.25, -0.2) is 0 Å². The molecule has 0 saturated carbocycles. The summed E-state index contributed by atoms with van der Waals surface area (Å²) in [4.78, 5) is 0. The lowest BCUT2D eigenvalue weighted by Crippen LogP contribution is -2.01. The van der Waals surface area contributed by atoms with Gasteiger partial charge in [-0.2, -0.15) is 0 Å². The molecule has 0 aliphatic heterocycles. The standard InChI is InChI=1S/C16H17ClO/c1-12(18)7-8-13-9-10-15(16(17)11-13)14-5-3-2-4-6-14/h2-6,9-12,18H,7-8H2,1H3. The van der Waals surface area contributed by atoms with Crippen molar-refractivity contribution in [2.24, 2.45) is 0 Å². The highest BCUT2D eigenvalue weighted by Crippen LogP contribution is 2.28. The average Bonchev–Trinajstić information content (AvgIpc) is 2.37. The van der Waals surface area contributed by atoms with Gasteiger partial charge in [-0.15, -0.1) is 0 Å². The van der Waals surface area contributed by atoms with Crippen molar-refractivity contribution in [3.63, 3.8) is 0 Å². The Hall–Kier alpha value is -1.31. The van der Waals surface area contributed by atoms with Crippen LogP contribution >= 0.6 is 11.6 Å². The number of aliphatic hydroxyl groups excluding tert-OH is 1. The van der Waals surface area contributed by atoms with Crippen molar-refractivity contribution in [1.82, 2.24) is 0 Å². The van der Waals surface area contributed by atoms with Crippen LogP contribution in [0.1, 0.15) is 18.9 Å². The molecular formula is C16H17ClO. The SMILES string of the molecule is CC(O)CCc1ccc(-c2ccccc2)c(Cl)c1. The fraction of sp³-hybridized carbons (Fsp3) is 0.250. The molecule has 0 aliphatic carbocycles. The molecule has 1 unspecified atom stereocenters. The molecule has 0 spiro atoms. The average molecular weight is 261 g/mol. The number of aliphatic hydroxyl groups is 1. The number of hydrogen-bond donors (Lipinski definition) is 1. The fourth-order valence-corrected chi connectivity index (χ4v) is 2.25. The quantitative estimate of drug-likeness (QED) is 0.868. The van der Waals surface area contributed by atoms with Gasteiger partial charge in [0, 0.05) is 10.6 Å². The Morgan fingerprint density at radius 3 is 2.44 bits per heavy atom. The molecule has 2 rings (SSSR count). The molecule has 0 fully saturated rings. The van der Waals surface area contributed by atoms with Crippen molar-refractivity contribution in [2.45, 2.75) is 25.9 Å². The molecule has 2 aromatic carbocycles. The Kier molecular flexibility index (Phi) is 4.40. The number of benzene rings is 2. The summed E-state index contributed by atoms with van der Waals surface area (Å²) in [6, 6.07) is 16.2. The first kappa shape index (κ1) is 13.1. The van der Waals surface area contributed by atoms with Crippen LogP contribution in [-0.2, 0) is 6.42 Å². The summed E-state index contributed by atoms with van der Waals surface area (Å²) in [5, 5.41) is 10.1. The van der Waals surface area contributed by atoms with Gasteiger partial charge in [-0.3, -0.25) is 0 Å². The van der Waals surface area contributed by atoms with Gasteiger partial charge in [0.05, 0.1) is 6.10 Å². The van der Waals surface area contributed by atoms with Crippen molar-refractivity contribution in [1.29, 1.82) is 0 Å². The second kappa shape index (κ2) is 6.03. The van der Waals surface area contributed by atoms with Crippen LogP contribution in [0.2, 0.25) is 5.02 Å². The van der Waals surface area contributed by atoms with E-state index in [4.69, 9.17) is 11.6 Å². The van der Waals surface area contributed by atoms with Crippen molar-refractivity contribution >= 4 is 11.6 Å². The third kappa shape index (κ3) is 3.34. The lowest BCUT2D eigenvalue weighted by molar-refractivity contribution is 0.185. The molecule has 0 amide bonds. The van der Waals surface area contributed by atoms with Crippen LogP contribution in [0.25, 0.3) is 11.1 Å². The van der Waals surface area contributed by atoms with E-state index in [2.05, 4.69) is 24.3 Å². The van der Waals surface area contributed by atoms with Crippen LogP contribution in [0.4, 0.5) is 0 Å². The topological polar surface area (TPSA) is 20.2 Å². The van der Waals surface area contributed by atoms with Gasteiger partial charge in [0.25, 0.3) is 0 Å². The normalized spacial score (nSPS) is 12.4. The molecule has 0 heterocycles. The van der Waals surface area contributed by atoms with Crippen molar-refractivity contribution in [3.05, 3.63) is 59.1 Å². The summed E-state index contributed by atoms with van der Waals surface area (Å²) in [7, 11) is 0. The monoisotopic (exact) mass is 260 g/mol. The third-order valence-electron chi connectivity index (χ3n) is 2.97. The minimum absolute atomic E-state index is 0.266. The van der Waals surface area contributed by atoms with Crippen molar-refractivity contribution < 1.29 is 5.11 Å². The summed E-state index contributed by atoms with van der Waals surface area (Å²) in [5.41, 5.74) is 3.35. The molecule has 0 bridgehead atoms. The lowest BCUT2D eigenvalue weighted by Gasteiger charge is -2.08. The van der Waals surface area contributed by atoms with Crippen LogP contribution in [0.5, 0.6) is 0 Å². The van der Waals surface area contributed by atoms with Crippen molar-refractivity contribution in [3.8, 4) is 11.1 Å². The molecule has 0 radical (unpaired) electrons. The molecule has 18 heavy (non-hydrogen) atoms. The summed E-state index contributed by atoms with van der Waals surface area (Å²) in [6.07, 6.45) is 1.35. The van der Waals surface area contributed by atoms with Gasteiger partial charge >= 0.3 is 0 Å². The van der Waals surface area contributed by atoms with E-state index in [1.54, 1.807) is 6.92 Å². The van der Waals surface area contributed by atoms with Crippen LogP contribution in [0, 0.1) is 0 Å². The maximum Gasteiger partial charge on any atom is 0.0515 e. The Morgan fingerprint density at radius 2 is 1.83 bits per heavy atom. The van der Waals surface area contributed by atoms with E-state index in [0.29, 0.717) is 0 Å². The largest absolute Gasteiger partial charge is 0.393 e. The van der Waals surface area contributed by atoms with E-state index in [1.807, 2.05) is 24.3 Å². The fourth-order valence-electron chi connectivity index (χ4n) is 1.94. The first-order chi connectivity index (χ1) is 8.66. The number of rotatable bonds is 4. The lowest BCUT2D eigenvalue weighted by atomic mass is 10.0. The van der Waals surface area contributed by atoms with E-state index in [-0.39, 0.29) is 6.10 Å². The second-order valence-corrected chi connectivity index (χ2v) is 4.98. The summed E-state index contributed by atoms with van der Waals surface area (Å²) in [6.45, 7) is 1.81. The van der Waals surface area contributed by atoms with Gasteiger partial charge in [0.1, 0.15) is 0 Å². The van der Waals surface area contributed by atoms with Crippen molar-refractivity contribution in [2.75, 3.05) is 0 Å². The molecule has 0 aliphatic rings. The Bertz CT molecular complexity index is 506. The van der Waals surface area contributed by atoms with Crippen LogP contribution in [0.15, 0.2) is 48.5 Å². The van der Waals surface area contributed by atoms with Gasteiger partial charge in [-0.05, 0) is 37.0 Å². The van der Waals surface area contributed by atoms with Crippen LogP contribution < -0.4 is 0 Å². The Labute approximate surface area is 113 Å². The van der Waals surface area contributed by atoms with E-state index >= 15 is 0 Å². The van der Waals surface area contributed by atoms with E-state index in [9.17, 15) is 5.11 Å². The van der Waals surface area contributed by atoms with E-state index in [1.165, 1.54) is 5.56 Å².